The number of rotatable bonds is 5. The molecule has 0 unspecified atom stereocenters. The molecule has 160 valence electrons. The van der Waals surface area contributed by atoms with Crippen molar-refractivity contribution >= 4 is 28.9 Å². The van der Waals surface area contributed by atoms with Crippen LogP contribution in [0.3, 0.4) is 0 Å². The fraction of sp³-hybridized carbons (Fsp3) is 0.500. The lowest BCUT2D eigenvalue weighted by Gasteiger charge is -2.29. The van der Waals surface area contributed by atoms with Crippen LogP contribution in [0.4, 0.5) is 5.69 Å². The lowest BCUT2D eigenvalue weighted by Crippen LogP contribution is -2.35. The summed E-state index contributed by atoms with van der Waals surface area (Å²) in [5.41, 5.74) is 4.46. The lowest BCUT2D eigenvalue weighted by molar-refractivity contribution is -0.119. The van der Waals surface area contributed by atoms with Crippen molar-refractivity contribution in [2.75, 3.05) is 18.5 Å². The molecule has 0 atom stereocenters. The largest absolute Gasteiger partial charge is 0.478 e. The highest BCUT2D eigenvalue weighted by Gasteiger charge is 2.33. The lowest BCUT2D eigenvalue weighted by atomic mass is 9.76. The molecule has 6 heteroatoms. The van der Waals surface area contributed by atoms with Crippen LogP contribution < -0.4 is 10.2 Å². The molecular weight excluding hydrogens is 396 g/mol. The first-order chi connectivity index (χ1) is 14.3. The van der Waals surface area contributed by atoms with Crippen molar-refractivity contribution in [3.8, 4) is 10.4 Å². The Balaban J connectivity index is 1.86. The zero-order valence-electron chi connectivity index (χ0n) is 18.0. The van der Waals surface area contributed by atoms with Crippen molar-refractivity contribution < 1.29 is 14.7 Å². The molecule has 30 heavy (non-hydrogen) atoms. The Hall–Kier alpha value is -2.18. The first-order valence-corrected chi connectivity index (χ1v) is 11.6. The summed E-state index contributed by atoms with van der Waals surface area (Å²) in [4.78, 5) is 28.7. The number of benzene rings is 1. The number of hydrogen-bond acceptors (Lipinski definition) is 4. The Morgan fingerprint density at radius 2 is 2.07 bits per heavy atom. The second-order valence-electron chi connectivity index (χ2n) is 9.23. The smallest absolute Gasteiger partial charge is 0.337 e. The van der Waals surface area contributed by atoms with Crippen LogP contribution in [-0.2, 0) is 24.2 Å². The molecule has 1 aliphatic carbocycles. The average molecular weight is 427 g/mol. The number of aryl methyl sites for hydroxylation is 1. The predicted octanol–water partition coefficient (Wildman–Crippen LogP) is 4.86. The van der Waals surface area contributed by atoms with Gasteiger partial charge < -0.3 is 15.3 Å². The zero-order valence-corrected chi connectivity index (χ0v) is 18.8. The third-order valence-electron chi connectivity index (χ3n) is 6.33. The van der Waals surface area contributed by atoms with E-state index in [1.807, 2.05) is 30.1 Å². The summed E-state index contributed by atoms with van der Waals surface area (Å²) in [6.07, 6.45) is 5.32. The van der Waals surface area contributed by atoms with Gasteiger partial charge >= 0.3 is 5.97 Å². The summed E-state index contributed by atoms with van der Waals surface area (Å²) in [7, 11) is 1.89. The molecular formula is C24H30N2O3S. The van der Waals surface area contributed by atoms with Crippen molar-refractivity contribution in [3.05, 3.63) is 39.8 Å². The Kier molecular flexibility index (Phi) is 5.73. The minimum absolute atomic E-state index is 0.116. The molecule has 0 radical (unpaired) electrons. The van der Waals surface area contributed by atoms with Crippen molar-refractivity contribution in [2.45, 2.75) is 58.9 Å². The fourth-order valence-electron chi connectivity index (χ4n) is 4.70. The maximum Gasteiger partial charge on any atom is 0.337 e. The first-order valence-electron chi connectivity index (χ1n) is 10.8. The topological polar surface area (TPSA) is 69.6 Å². The van der Waals surface area contributed by atoms with E-state index in [1.165, 1.54) is 4.88 Å². The fourth-order valence-corrected chi connectivity index (χ4v) is 6.06. The van der Waals surface area contributed by atoms with Crippen LogP contribution in [0.2, 0.25) is 0 Å². The number of carboxylic acid groups (broad SMARTS) is 1. The van der Waals surface area contributed by atoms with Gasteiger partial charge in [-0.15, -0.1) is 11.3 Å². The number of nitrogens with one attached hydrogen (secondary N) is 1. The van der Waals surface area contributed by atoms with Crippen LogP contribution in [0.5, 0.6) is 0 Å². The zero-order chi connectivity index (χ0) is 21.5. The number of carbonyl (C=O) groups excluding carboxylic acids is 1. The van der Waals surface area contributed by atoms with Gasteiger partial charge in [-0.25, -0.2) is 4.79 Å². The van der Waals surface area contributed by atoms with Gasteiger partial charge in [0.15, 0.2) is 0 Å². The summed E-state index contributed by atoms with van der Waals surface area (Å²) >= 11 is 1.63. The van der Waals surface area contributed by atoms with Gasteiger partial charge in [-0.05, 0) is 73.4 Å². The number of piperidine rings is 1. The molecule has 1 aromatic carbocycles. The molecule has 0 saturated carbocycles. The van der Waals surface area contributed by atoms with Gasteiger partial charge in [0, 0.05) is 35.0 Å². The number of fused-ring (bicyclic) bond motifs is 1. The van der Waals surface area contributed by atoms with Gasteiger partial charge in [0.1, 0.15) is 0 Å². The Morgan fingerprint density at radius 1 is 1.27 bits per heavy atom. The predicted molar refractivity (Wildman–Crippen MR) is 121 cm³/mol. The summed E-state index contributed by atoms with van der Waals surface area (Å²) in [6.45, 7) is 5.81. The number of carbonyl (C=O) groups is 2. The van der Waals surface area contributed by atoms with Crippen molar-refractivity contribution in [1.29, 1.82) is 0 Å². The molecule has 1 amide bonds. The standard InChI is InChI=1S/C24H30N2O3S/c1-24(2)10-9-19-18(13-24)21(23(28)29)22(30-19)17-12-16(8-7-15(17)14-25-3)26-11-5-4-6-20(26)27/h7-8,12,25H,4-6,9-11,13-14H2,1-3H3,(H,28,29). The highest BCUT2D eigenvalue weighted by atomic mass is 32.1. The molecule has 0 spiro atoms. The van der Waals surface area contributed by atoms with E-state index in [9.17, 15) is 14.7 Å². The van der Waals surface area contributed by atoms with E-state index in [4.69, 9.17) is 0 Å². The number of nitrogens with zero attached hydrogens (tertiary/aromatic N) is 1. The Labute approximate surface area is 182 Å². The molecule has 0 bridgehead atoms. The van der Waals surface area contributed by atoms with Crippen LogP contribution in [-0.4, -0.2) is 30.6 Å². The maximum atomic E-state index is 12.5. The van der Waals surface area contributed by atoms with Crippen LogP contribution in [0.15, 0.2) is 18.2 Å². The van der Waals surface area contributed by atoms with Crippen molar-refractivity contribution in [1.82, 2.24) is 5.32 Å². The molecule has 2 aliphatic rings. The number of carboxylic acids is 1. The van der Waals surface area contributed by atoms with E-state index in [1.54, 1.807) is 11.3 Å². The van der Waals surface area contributed by atoms with Crippen LogP contribution >= 0.6 is 11.3 Å². The Morgan fingerprint density at radius 3 is 2.77 bits per heavy atom. The number of thiophene rings is 1. The Bertz CT molecular complexity index is 993. The van der Waals surface area contributed by atoms with Gasteiger partial charge in [0.25, 0.3) is 0 Å². The van der Waals surface area contributed by atoms with Gasteiger partial charge in [0.2, 0.25) is 5.91 Å². The molecule has 2 heterocycles. The van der Waals surface area contributed by atoms with Gasteiger partial charge in [-0.3, -0.25) is 4.79 Å². The van der Waals surface area contributed by atoms with E-state index in [-0.39, 0.29) is 11.3 Å². The second kappa shape index (κ2) is 8.16. The van der Waals surface area contributed by atoms with Crippen molar-refractivity contribution in [2.24, 2.45) is 5.41 Å². The minimum atomic E-state index is -0.852. The van der Waals surface area contributed by atoms with E-state index in [2.05, 4.69) is 19.2 Å². The molecule has 1 saturated heterocycles. The van der Waals surface area contributed by atoms with Crippen LogP contribution in [0.25, 0.3) is 10.4 Å². The number of hydrogen-bond donors (Lipinski definition) is 2. The summed E-state index contributed by atoms with van der Waals surface area (Å²) in [6, 6.07) is 6.07. The highest BCUT2D eigenvalue weighted by molar-refractivity contribution is 7.16. The number of anilines is 1. The monoisotopic (exact) mass is 426 g/mol. The minimum Gasteiger partial charge on any atom is -0.478 e. The molecule has 1 fully saturated rings. The quantitative estimate of drug-likeness (QED) is 0.716. The SMILES string of the molecule is CNCc1ccc(N2CCCCC2=O)cc1-c1sc2c(c1C(=O)O)CC(C)(C)CC2. The molecule has 1 aliphatic heterocycles. The summed E-state index contributed by atoms with van der Waals surface area (Å²) in [5.74, 6) is -0.700. The van der Waals surface area contributed by atoms with Gasteiger partial charge in [0.05, 0.1) is 5.56 Å². The van der Waals surface area contributed by atoms with Crippen LogP contribution in [0.1, 0.15) is 65.9 Å². The summed E-state index contributed by atoms with van der Waals surface area (Å²) < 4.78 is 0. The van der Waals surface area contributed by atoms with Gasteiger partial charge in [-0.2, -0.15) is 0 Å². The second-order valence-corrected chi connectivity index (χ2v) is 10.3. The molecule has 4 rings (SSSR count). The third kappa shape index (κ3) is 3.91. The van der Waals surface area contributed by atoms with E-state index < -0.39 is 5.97 Å². The maximum absolute atomic E-state index is 12.5. The van der Waals surface area contributed by atoms with E-state index in [0.29, 0.717) is 18.5 Å². The average Bonchev–Trinajstić information content (AvgIpc) is 3.06. The third-order valence-corrected chi connectivity index (χ3v) is 7.65. The normalized spacial score (nSPS) is 18.4. The van der Waals surface area contributed by atoms with E-state index in [0.717, 1.165) is 65.9 Å². The van der Waals surface area contributed by atoms with Gasteiger partial charge in [-0.1, -0.05) is 19.9 Å². The molecule has 1 aromatic heterocycles. The molecule has 2 N–H and O–H groups in total. The number of aromatic carboxylic acids is 1. The molecule has 2 aromatic rings. The first kappa shape index (κ1) is 21.1. The van der Waals surface area contributed by atoms with Crippen LogP contribution in [0, 0.1) is 5.41 Å². The van der Waals surface area contributed by atoms with E-state index >= 15 is 0 Å². The molecule has 5 nitrogen and oxygen atoms in total. The number of amides is 1. The highest BCUT2D eigenvalue weighted by Crippen LogP contribution is 2.46. The van der Waals surface area contributed by atoms with Crippen molar-refractivity contribution in [3.63, 3.8) is 0 Å². The summed E-state index contributed by atoms with van der Waals surface area (Å²) in [5, 5.41) is 13.4.